The molecule has 0 bridgehead atoms. The smallest absolute Gasteiger partial charge is 0.338 e. The predicted molar refractivity (Wildman–Crippen MR) is 101 cm³/mol. The SMILES string of the molecule is CCOc1ccc(-c2nc(COC(=O)c3ccc(F)cc3)cs2)cc1OC. The first-order valence-corrected chi connectivity index (χ1v) is 9.17. The maximum atomic E-state index is 12.9. The molecule has 0 aliphatic heterocycles. The van der Waals surface area contributed by atoms with Crippen molar-refractivity contribution in [1.29, 1.82) is 0 Å². The van der Waals surface area contributed by atoms with Crippen molar-refractivity contribution in [2.75, 3.05) is 13.7 Å². The second-order valence-electron chi connectivity index (χ2n) is 5.53. The summed E-state index contributed by atoms with van der Waals surface area (Å²) in [5.41, 5.74) is 1.82. The minimum absolute atomic E-state index is 0.0425. The molecule has 5 nitrogen and oxygen atoms in total. The Morgan fingerprint density at radius 3 is 2.63 bits per heavy atom. The fraction of sp³-hybridized carbons (Fsp3) is 0.200. The van der Waals surface area contributed by atoms with E-state index in [0.29, 0.717) is 29.4 Å². The molecule has 0 atom stereocenters. The number of rotatable bonds is 7. The van der Waals surface area contributed by atoms with Crippen LogP contribution in [0.4, 0.5) is 4.39 Å². The standard InChI is InChI=1S/C20H18FNO4S/c1-3-25-17-9-6-14(10-18(17)24-2)19-22-16(12-27-19)11-26-20(23)13-4-7-15(21)8-5-13/h4-10,12H,3,11H2,1-2H3. The van der Waals surface area contributed by atoms with Crippen LogP contribution in [0, 0.1) is 5.82 Å². The van der Waals surface area contributed by atoms with E-state index in [-0.39, 0.29) is 6.61 Å². The first kappa shape index (κ1) is 18.8. The van der Waals surface area contributed by atoms with E-state index >= 15 is 0 Å². The highest BCUT2D eigenvalue weighted by Crippen LogP contribution is 2.33. The molecular weight excluding hydrogens is 369 g/mol. The van der Waals surface area contributed by atoms with Gasteiger partial charge < -0.3 is 14.2 Å². The third-order valence-corrected chi connectivity index (χ3v) is 4.63. The van der Waals surface area contributed by atoms with Crippen molar-refractivity contribution in [2.45, 2.75) is 13.5 Å². The second-order valence-corrected chi connectivity index (χ2v) is 6.38. The first-order chi connectivity index (χ1) is 13.1. The topological polar surface area (TPSA) is 57.7 Å². The van der Waals surface area contributed by atoms with Crippen molar-refractivity contribution < 1.29 is 23.4 Å². The molecule has 0 aliphatic carbocycles. The lowest BCUT2D eigenvalue weighted by molar-refractivity contribution is 0.0468. The Hall–Kier alpha value is -2.93. The molecule has 27 heavy (non-hydrogen) atoms. The van der Waals surface area contributed by atoms with Gasteiger partial charge in [-0.3, -0.25) is 0 Å². The van der Waals surface area contributed by atoms with Crippen molar-refractivity contribution in [1.82, 2.24) is 4.98 Å². The summed E-state index contributed by atoms with van der Waals surface area (Å²) in [7, 11) is 1.59. The van der Waals surface area contributed by atoms with Gasteiger partial charge in [0.25, 0.3) is 0 Å². The maximum Gasteiger partial charge on any atom is 0.338 e. The van der Waals surface area contributed by atoms with Gasteiger partial charge in [0.2, 0.25) is 0 Å². The minimum atomic E-state index is -0.521. The van der Waals surface area contributed by atoms with Gasteiger partial charge in [0, 0.05) is 10.9 Å². The number of methoxy groups -OCH3 is 1. The third kappa shape index (κ3) is 4.62. The van der Waals surface area contributed by atoms with Gasteiger partial charge in [-0.25, -0.2) is 14.2 Å². The number of halogens is 1. The maximum absolute atomic E-state index is 12.9. The second kappa shape index (κ2) is 8.64. The van der Waals surface area contributed by atoms with Gasteiger partial charge in [0.15, 0.2) is 11.5 Å². The molecule has 0 unspecified atom stereocenters. The van der Waals surface area contributed by atoms with Crippen molar-refractivity contribution in [3.05, 3.63) is 64.9 Å². The Morgan fingerprint density at radius 2 is 1.93 bits per heavy atom. The van der Waals surface area contributed by atoms with Crippen LogP contribution >= 0.6 is 11.3 Å². The van der Waals surface area contributed by atoms with Crippen LogP contribution < -0.4 is 9.47 Å². The summed E-state index contributed by atoms with van der Waals surface area (Å²) in [6, 6.07) is 10.8. The van der Waals surface area contributed by atoms with Gasteiger partial charge in [0.1, 0.15) is 17.4 Å². The third-order valence-electron chi connectivity index (χ3n) is 3.69. The average Bonchev–Trinajstić information content (AvgIpc) is 3.16. The van der Waals surface area contributed by atoms with Gasteiger partial charge in [-0.05, 0) is 49.4 Å². The number of hydrogen-bond donors (Lipinski definition) is 0. The molecule has 1 heterocycles. The summed E-state index contributed by atoms with van der Waals surface area (Å²) in [6.45, 7) is 2.51. The molecule has 0 saturated carbocycles. The normalized spacial score (nSPS) is 10.5. The van der Waals surface area contributed by atoms with E-state index in [1.165, 1.54) is 35.6 Å². The summed E-state index contributed by atoms with van der Waals surface area (Å²) < 4.78 is 29.0. The van der Waals surface area contributed by atoms with Crippen LogP contribution in [0.5, 0.6) is 11.5 Å². The zero-order valence-electron chi connectivity index (χ0n) is 14.9. The number of esters is 1. The lowest BCUT2D eigenvalue weighted by Crippen LogP contribution is -2.05. The fourth-order valence-electron chi connectivity index (χ4n) is 2.39. The van der Waals surface area contributed by atoms with Gasteiger partial charge >= 0.3 is 5.97 Å². The Kier molecular flexibility index (Phi) is 6.03. The monoisotopic (exact) mass is 387 g/mol. The highest BCUT2D eigenvalue weighted by molar-refractivity contribution is 7.13. The number of ether oxygens (including phenoxy) is 3. The Balaban J connectivity index is 1.67. The quantitative estimate of drug-likeness (QED) is 0.550. The molecule has 0 saturated heterocycles. The number of carbonyl (C=O) groups is 1. The number of thiazole rings is 1. The molecular formula is C20H18FNO4S. The zero-order chi connectivity index (χ0) is 19.2. The highest BCUT2D eigenvalue weighted by atomic mass is 32.1. The van der Waals surface area contributed by atoms with Gasteiger partial charge in [-0.2, -0.15) is 0 Å². The predicted octanol–water partition coefficient (Wildman–Crippen LogP) is 4.71. The van der Waals surface area contributed by atoms with Crippen LogP contribution in [0.3, 0.4) is 0 Å². The molecule has 140 valence electrons. The number of nitrogens with zero attached hydrogens (tertiary/aromatic N) is 1. The van der Waals surface area contributed by atoms with Crippen LogP contribution in [-0.4, -0.2) is 24.7 Å². The molecule has 0 aliphatic rings. The molecule has 0 spiro atoms. The van der Waals surface area contributed by atoms with Crippen molar-refractivity contribution in [3.8, 4) is 22.1 Å². The molecule has 3 aromatic rings. The molecule has 0 fully saturated rings. The summed E-state index contributed by atoms with van der Waals surface area (Å²) in [5, 5.41) is 2.61. The molecule has 0 amide bonds. The van der Waals surface area contributed by atoms with Gasteiger partial charge in [-0.1, -0.05) is 0 Å². The fourth-order valence-corrected chi connectivity index (χ4v) is 3.19. The van der Waals surface area contributed by atoms with E-state index in [1.54, 1.807) is 7.11 Å². The summed E-state index contributed by atoms with van der Waals surface area (Å²) >= 11 is 1.44. The van der Waals surface area contributed by atoms with Gasteiger partial charge in [-0.15, -0.1) is 11.3 Å². The van der Waals surface area contributed by atoms with Crippen LogP contribution in [-0.2, 0) is 11.3 Å². The molecule has 2 aromatic carbocycles. The lowest BCUT2D eigenvalue weighted by atomic mass is 10.2. The first-order valence-electron chi connectivity index (χ1n) is 8.29. The largest absolute Gasteiger partial charge is 0.493 e. The Bertz CT molecular complexity index is 924. The van der Waals surface area contributed by atoms with E-state index in [2.05, 4.69) is 4.98 Å². The van der Waals surface area contributed by atoms with Crippen LogP contribution in [0.1, 0.15) is 23.0 Å². The van der Waals surface area contributed by atoms with Crippen LogP contribution in [0.25, 0.3) is 10.6 Å². The van der Waals surface area contributed by atoms with Crippen LogP contribution in [0.2, 0.25) is 0 Å². The Morgan fingerprint density at radius 1 is 1.15 bits per heavy atom. The van der Waals surface area contributed by atoms with E-state index < -0.39 is 11.8 Å². The van der Waals surface area contributed by atoms with E-state index in [1.807, 2.05) is 30.5 Å². The summed E-state index contributed by atoms with van der Waals surface area (Å²) in [6.07, 6.45) is 0. The zero-order valence-corrected chi connectivity index (χ0v) is 15.7. The van der Waals surface area contributed by atoms with E-state index in [0.717, 1.165) is 10.6 Å². The van der Waals surface area contributed by atoms with Crippen molar-refractivity contribution in [3.63, 3.8) is 0 Å². The van der Waals surface area contributed by atoms with Crippen molar-refractivity contribution >= 4 is 17.3 Å². The summed E-state index contributed by atoms with van der Waals surface area (Å²) in [5.74, 6) is 0.386. The molecule has 1 aromatic heterocycles. The number of carbonyl (C=O) groups excluding carboxylic acids is 1. The average molecular weight is 387 g/mol. The van der Waals surface area contributed by atoms with Crippen LogP contribution in [0.15, 0.2) is 47.8 Å². The summed E-state index contributed by atoms with van der Waals surface area (Å²) in [4.78, 5) is 16.5. The lowest BCUT2D eigenvalue weighted by Gasteiger charge is -2.09. The van der Waals surface area contributed by atoms with E-state index in [9.17, 15) is 9.18 Å². The molecule has 7 heteroatoms. The number of hydrogen-bond acceptors (Lipinski definition) is 6. The minimum Gasteiger partial charge on any atom is -0.493 e. The number of aromatic nitrogens is 1. The van der Waals surface area contributed by atoms with E-state index in [4.69, 9.17) is 14.2 Å². The molecule has 3 rings (SSSR count). The highest BCUT2D eigenvalue weighted by Gasteiger charge is 2.12. The van der Waals surface area contributed by atoms with Gasteiger partial charge in [0.05, 0.1) is 25.0 Å². The van der Waals surface area contributed by atoms with Crippen molar-refractivity contribution in [2.24, 2.45) is 0 Å². The Labute approximate surface area is 160 Å². The molecule has 0 radical (unpaired) electrons. The number of benzene rings is 2. The molecule has 0 N–H and O–H groups in total.